The number of halogens is 1. The number of nitro groups is 1. The van der Waals surface area contributed by atoms with Crippen molar-refractivity contribution in [3.05, 3.63) is 85.8 Å². The fraction of sp³-hybridized carbons (Fsp3) is 0.120. The molecule has 1 fully saturated rings. The van der Waals surface area contributed by atoms with E-state index in [0.717, 1.165) is 17.8 Å². The van der Waals surface area contributed by atoms with E-state index in [0.29, 0.717) is 36.8 Å². The average Bonchev–Trinajstić information content (AvgIpc) is 3.16. The number of nitro benzene ring substituents is 1. The van der Waals surface area contributed by atoms with E-state index in [1.54, 1.807) is 24.3 Å². The largest absolute Gasteiger partial charge is 0.495 e. The molecule has 1 aliphatic rings. The summed E-state index contributed by atoms with van der Waals surface area (Å²) in [5.74, 6) is 0.0112. The fourth-order valence-electron chi connectivity index (χ4n) is 3.59. The van der Waals surface area contributed by atoms with Crippen LogP contribution in [0.1, 0.15) is 11.1 Å². The number of hydrogen-bond donors (Lipinski definition) is 0. The Hall–Kier alpha value is -3.65. The van der Waals surface area contributed by atoms with Crippen LogP contribution in [0, 0.1) is 17.0 Å². The minimum atomic E-state index is -4.42. The van der Waals surface area contributed by atoms with E-state index in [1.165, 1.54) is 56.4 Å². The maximum absolute atomic E-state index is 13.1. The third-order valence-electron chi connectivity index (χ3n) is 5.54. The van der Waals surface area contributed by atoms with Gasteiger partial charge in [0.1, 0.15) is 10.6 Å². The summed E-state index contributed by atoms with van der Waals surface area (Å²) in [7, 11) is -1.61. The number of methoxy groups -OCH3 is 2. The number of thiocarbonyl (C=S) groups is 1. The molecular weight excluding hydrogens is 588 g/mol. The molecule has 3 aromatic carbocycles. The molecule has 1 heterocycles. The number of nitrogens with zero attached hydrogens (tertiary/aromatic N) is 2. The summed E-state index contributed by atoms with van der Waals surface area (Å²) in [6, 6.07) is 12.7. The van der Waals surface area contributed by atoms with Crippen LogP contribution in [0.3, 0.4) is 0 Å². The van der Waals surface area contributed by atoms with E-state index < -0.39 is 15.0 Å². The summed E-state index contributed by atoms with van der Waals surface area (Å²) in [5.41, 5.74) is 0.947. The molecule has 4 rings (SSSR count). The Morgan fingerprint density at radius 2 is 1.72 bits per heavy atom. The number of hydrogen-bond acceptors (Lipinski definition) is 10. The van der Waals surface area contributed by atoms with Gasteiger partial charge in [-0.1, -0.05) is 47.7 Å². The second-order valence-electron chi connectivity index (χ2n) is 7.99. The number of rotatable bonds is 8. The lowest BCUT2D eigenvalue weighted by Gasteiger charge is -2.15. The Morgan fingerprint density at radius 1 is 1.03 bits per heavy atom. The maximum Gasteiger partial charge on any atom is 0.339 e. The minimum absolute atomic E-state index is 0.0614. The summed E-state index contributed by atoms with van der Waals surface area (Å²) in [6.45, 7) is 1.50. The molecule has 202 valence electrons. The highest BCUT2D eigenvalue weighted by molar-refractivity contribution is 8.27. The van der Waals surface area contributed by atoms with E-state index in [4.69, 9.17) is 37.5 Å². The molecule has 3 aromatic rings. The van der Waals surface area contributed by atoms with Crippen molar-refractivity contribution < 1.29 is 31.8 Å². The Bertz CT molecular complexity index is 1660. The first kappa shape index (κ1) is 28.4. The maximum atomic E-state index is 13.1. The van der Waals surface area contributed by atoms with Crippen LogP contribution in [-0.2, 0) is 14.9 Å². The highest BCUT2D eigenvalue weighted by Gasteiger charge is 2.34. The van der Waals surface area contributed by atoms with E-state index in [-0.39, 0.29) is 28.0 Å². The van der Waals surface area contributed by atoms with Gasteiger partial charge in [0.25, 0.3) is 11.6 Å². The van der Waals surface area contributed by atoms with Crippen LogP contribution in [0.25, 0.3) is 6.08 Å². The molecule has 39 heavy (non-hydrogen) atoms. The first-order chi connectivity index (χ1) is 18.4. The molecule has 0 atom stereocenters. The number of anilines is 1. The highest BCUT2D eigenvalue weighted by atomic mass is 35.5. The van der Waals surface area contributed by atoms with Gasteiger partial charge in [-0.25, -0.2) is 0 Å². The van der Waals surface area contributed by atoms with Gasteiger partial charge in [-0.2, -0.15) is 8.42 Å². The zero-order valence-corrected chi connectivity index (χ0v) is 23.7. The van der Waals surface area contributed by atoms with Crippen molar-refractivity contribution in [1.29, 1.82) is 0 Å². The van der Waals surface area contributed by atoms with Crippen molar-refractivity contribution in [3.63, 3.8) is 0 Å². The Kier molecular flexibility index (Phi) is 8.16. The molecule has 0 aliphatic carbocycles. The number of ether oxygens (including phenoxy) is 2. The molecule has 10 nitrogen and oxygen atoms in total. The molecule has 0 N–H and O–H groups in total. The topological polar surface area (TPSA) is 125 Å². The normalized spacial score (nSPS) is 14.6. The lowest BCUT2D eigenvalue weighted by molar-refractivity contribution is -0.385. The quantitative estimate of drug-likeness (QED) is 0.103. The van der Waals surface area contributed by atoms with Crippen molar-refractivity contribution >= 4 is 73.4 Å². The van der Waals surface area contributed by atoms with E-state index in [2.05, 4.69) is 0 Å². The molecule has 14 heteroatoms. The molecule has 0 bridgehead atoms. The number of carbonyl (C=O) groups is 1. The van der Waals surface area contributed by atoms with Gasteiger partial charge < -0.3 is 13.7 Å². The molecule has 0 radical (unpaired) electrons. The van der Waals surface area contributed by atoms with Crippen LogP contribution >= 0.6 is 35.6 Å². The Morgan fingerprint density at radius 3 is 2.36 bits per heavy atom. The zero-order chi connectivity index (χ0) is 28.5. The van der Waals surface area contributed by atoms with Gasteiger partial charge in [0.05, 0.1) is 34.8 Å². The van der Waals surface area contributed by atoms with E-state index in [9.17, 15) is 23.3 Å². The fourth-order valence-corrected chi connectivity index (χ4v) is 6.10. The van der Waals surface area contributed by atoms with Gasteiger partial charge in [-0.3, -0.25) is 19.8 Å². The van der Waals surface area contributed by atoms with Gasteiger partial charge in [0, 0.05) is 11.6 Å². The molecular formula is C25H19ClN2O8S3. The summed E-state index contributed by atoms with van der Waals surface area (Å²) >= 11 is 12.7. The number of aryl methyl sites for hydroxylation is 1. The van der Waals surface area contributed by atoms with Gasteiger partial charge >= 0.3 is 10.1 Å². The van der Waals surface area contributed by atoms with E-state index in [1.807, 2.05) is 0 Å². The van der Waals surface area contributed by atoms with Crippen LogP contribution in [0.2, 0.25) is 5.02 Å². The Balaban J connectivity index is 1.60. The molecule has 1 amide bonds. The highest BCUT2D eigenvalue weighted by Crippen LogP contribution is 2.39. The summed E-state index contributed by atoms with van der Waals surface area (Å²) in [6.07, 6.45) is 1.58. The van der Waals surface area contributed by atoms with Crippen LogP contribution in [0.15, 0.2) is 64.4 Å². The molecule has 0 unspecified atom stereocenters. The molecule has 0 saturated carbocycles. The second kappa shape index (κ2) is 11.2. The van der Waals surface area contributed by atoms with Gasteiger partial charge in [-0.15, -0.1) is 0 Å². The number of thioether (sulfide) groups is 1. The third kappa shape index (κ3) is 5.86. The molecule has 1 saturated heterocycles. The SMILES string of the molecule is COc1ccc(N2C(=O)/C(=C/c3ccc(OS(=O)(=O)c4ccc(C)c([N+](=O)[O-])c4)c(OC)c3)SC2=S)cc1Cl. The van der Waals surface area contributed by atoms with Crippen molar-refractivity contribution in [2.24, 2.45) is 0 Å². The van der Waals surface area contributed by atoms with Crippen LogP contribution in [0.4, 0.5) is 11.4 Å². The van der Waals surface area contributed by atoms with Crippen LogP contribution in [-0.4, -0.2) is 37.8 Å². The first-order valence-corrected chi connectivity index (χ1v) is 14.0. The number of amides is 1. The monoisotopic (exact) mass is 606 g/mol. The summed E-state index contributed by atoms with van der Waals surface area (Å²) in [4.78, 5) is 25.0. The van der Waals surface area contributed by atoms with Crippen molar-refractivity contribution in [3.8, 4) is 17.2 Å². The summed E-state index contributed by atoms with van der Waals surface area (Å²) < 4.78 is 41.7. The molecule has 0 spiro atoms. The standard InChI is InChI=1S/C25H19ClN2O8S3/c1-14-4-7-17(13-19(14)28(30)31)39(32,33)36-21-8-5-15(10-22(21)35-3)11-23-24(29)27(25(37)38-23)16-6-9-20(34-2)18(26)12-16/h4-13H,1-3H3/b23-11-. The lowest BCUT2D eigenvalue weighted by Crippen LogP contribution is -2.27. The average molecular weight is 607 g/mol. The molecule has 0 aromatic heterocycles. The minimum Gasteiger partial charge on any atom is -0.495 e. The number of benzene rings is 3. The van der Waals surface area contributed by atoms with Gasteiger partial charge in [0.2, 0.25) is 0 Å². The van der Waals surface area contributed by atoms with Crippen molar-refractivity contribution in [2.45, 2.75) is 11.8 Å². The number of carbonyl (C=O) groups excluding carboxylic acids is 1. The molecule has 1 aliphatic heterocycles. The first-order valence-electron chi connectivity index (χ1n) is 10.9. The van der Waals surface area contributed by atoms with Gasteiger partial charge in [-0.05, 0) is 55.0 Å². The second-order valence-corrected chi connectivity index (χ2v) is 11.6. The van der Waals surface area contributed by atoms with Crippen LogP contribution < -0.4 is 18.6 Å². The van der Waals surface area contributed by atoms with Crippen LogP contribution in [0.5, 0.6) is 17.2 Å². The predicted molar refractivity (Wildman–Crippen MR) is 152 cm³/mol. The zero-order valence-electron chi connectivity index (χ0n) is 20.5. The smallest absolute Gasteiger partial charge is 0.339 e. The van der Waals surface area contributed by atoms with Gasteiger partial charge in [0.15, 0.2) is 15.8 Å². The van der Waals surface area contributed by atoms with Crippen molar-refractivity contribution in [1.82, 2.24) is 0 Å². The lowest BCUT2D eigenvalue weighted by atomic mass is 10.2. The van der Waals surface area contributed by atoms with E-state index >= 15 is 0 Å². The Labute approximate surface area is 238 Å². The third-order valence-corrected chi connectivity index (χ3v) is 8.37. The summed E-state index contributed by atoms with van der Waals surface area (Å²) in [5, 5.41) is 11.5. The van der Waals surface area contributed by atoms with Crippen molar-refractivity contribution in [2.75, 3.05) is 19.1 Å². The predicted octanol–water partition coefficient (Wildman–Crippen LogP) is 5.75.